The maximum atomic E-state index is 9.50. The number of aromatic hydroxyl groups is 1. The zero-order chi connectivity index (χ0) is 9.42. The van der Waals surface area contributed by atoms with Gasteiger partial charge in [0.1, 0.15) is 11.5 Å². The number of hydrogen-bond donors (Lipinski definition) is 2. The zero-order valence-electron chi connectivity index (χ0n) is 7.40. The third-order valence-electron chi connectivity index (χ3n) is 2.42. The quantitative estimate of drug-likeness (QED) is 0.690. The predicted octanol–water partition coefficient (Wildman–Crippen LogP) is 1.60. The molecule has 2 rings (SSSR count). The Kier molecular flexibility index (Phi) is 1.88. The second-order valence-electron chi connectivity index (χ2n) is 3.25. The van der Waals surface area contributed by atoms with Crippen LogP contribution < -0.4 is 4.74 Å². The van der Waals surface area contributed by atoms with Crippen LogP contribution in [0.15, 0.2) is 18.2 Å². The molecule has 0 radical (unpaired) electrons. The van der Waals surface area contributed by atoms with Crippen LogP contribution in [-0.4, -0.2) is 16.5 Å². The molecule has 2 atom stereocenters. The average molecular weight is 180 g/mol. The molecule has 1 aliphatic rings. The van der Waals surface area contributed by atoms with E-state index in [0.29, 0.717) is 5.75 Å². The Morgan fingerprint density at radius 2 is 2.23 bits per heavy atom. The molecule has 0 saturated carbocycles. The van der Waals surface area contributed by atoms with Crippen LogP contribution in [0.2, 0.25) is 0 Å². The fraction of sp³-hybridized carbons (Fsp3) is 0.400. The molecular weight excluding hydrogens is 168 g/mol. The Balaban J connectivity index is 2.44. The summed E-state index contributed by atoms with van der Waals surface area (Å²) in [5.41, 5.74) is 0.898. The Morgan fingerprint density at radius 3 is 2.92 bits per heavy atom. The molecule has 2 N–H and O–H groups in total. The normalized spacial score (nSPS) is 25.4. The molecule has 1 heterocycles. The van der Waals surface area contributed by atoms with Gasteiger partial charge < -0.3 is 14.9 Å². The van der Waals surface area contributed by atoms with E-state index in [1.54, 1.807) is 18.2 Å². The van der Waals surface area contributed by atoms with Crippen LogP contribution in [0.4, 0.5) is 0 Å². The monoisotopic (exact) mass is 180 g/mol. The van der Waals surface area contributed by atoms with Gasteiger partial charge in [0.05, 0.1) is 0 Å². The first-order valence-electron chi connectivity index (χ1n) is 4.40. The summed E-state index contributed by atoms with van der Waals surface area (Å²) >= 11 is 0. The summed E-state index contributed by atoms with van der Waals surface area (Å²) in [4.78, 5) is 0. The van der Waals surface area contributed by atoms with Gasteiger partial charge in [-0.15, -0.1) is 0 Å². The molecule has 1 aliphatic heterocycles. The van der Waals surface area contributed by atoms with Gasteiger partial charge in [0.15, 0.2) is 0 Å². The van der Waals surface area contributed by atoms with Crippen molar-refractivity contribution in [1.82, 2.24) is 0 Å². The van der Waals surface area contributed by atoms with E-state index in [0.717, 1.165) is 12.0 Å². The summed E-state index contributed by atoms with van der Waals surface area (Å²) in [5.74, 6) is 0.883. The Bertz CT molecular complexity index is 322. The molecule has 0 bridgehead atoms. The molecule has 3 heteroatoms. The van der Waals surface area contributed by atoms with Gasteiger partial charge in [0.25, 0.3) is 0 Å². The lowest BCUT2D eigenvalue weighted by atomic mass is 9.97. The second kappa shape index (κ2) is 2.92. The minimum absolute atomic E-state index is 0.0119. The Labute approximate surface area is 76.6 Å². The molecule has 3 nitrogen and oxygen atoms in total. The van der Waals surface area contributed by atoms with Crippen LogP contribution >= 0.6 is 0 Å². The Hall–Kier alpha value is -1.22. The van der Waals surface area contributed by atoms with Crippen LogP contribution in [0.25, 0.3) is 0 Å². The molecule has 1 aromatic carbocycles. The van der Waals surface area contributed by atoms with E-state index < -0.39 is 6.29 Å². The molecule has 0 spiro atoms. The van der Waals surface area contributed by atoms with Gasteiger partial charge in [-0.3, -0.25) is 0 Å². The van der Waals surface area contributed by atoms with E-state index in [1.165, 1.54) is 0 Å². The van der Waals surface area contributed by atoms with E-state index >= 15 is 0 Å². The van der Waals surface area contributed by atoms with Crippen molar-refractivity contribution in [1.29, 1.82) is 0 Å². The summed E-state index contributed by atoms with van der Waals surface area (Å²) in [6.07, 6.45) is 0.0410. The smallest absolute Gasteiger partial charge is 0.204 e. The molecule has 13 heavy (non-hydrogen) atoms. The minimum Gasteiger partial charge on any atom is -0.508 e. The number of ether oxygens (including phenoxy) is 1. The van der Waals surface area contributed by atoms with E-state index in [-0.39, 0.29) is 11.7 Å². The molecule has 0 aromatic heterocycles. The van der Waals surface area contributed by atoms with E-state index in [2.05, 4.69) is 0 Å². The number of hydrogen-bond acceptors (Lipinski definition) is 3. The van der Waals surface area contributed by atoms with Gasteiger partial charge in [-0.05, 0) is 24.6 Å². The van der Waals surface area contributed by atoms with Gasteiger partial charge in [0.2, 0.25) is 6.29 Å². The van der Waals surface area contributed by atoms with Gasteiger partial charge >= 0.3 is 0 Å². The largest absolute Gasteiger partial charge is 0.508 e. The average Bonchev–Trinajstić information content (AvgIpc) is 2.40. The molecule has 0 unspecified atom stereocenters. The molecular formula is C10H12O3. The molecule has 0 fully saturated rings. The van der Waals surface area contributed by atoms with E-state index in [9.17, 15) is 10.2 Å². The standard InChI is InChI=1S/C10H12O3/c1-2-7-8-5-6(11)3-4-9(8)13-10(7)12/h3-5,7,10-12H,2H2,1H3/t7-,10-/m1/s1. The number of aliphatic hydroxyl groups is 1. The molecule has 0 aliphatic carbocycles. The summed E-state index contributed by atoms with van der Waals surface area (Å²) in [6.45, 7) is 1.98. The van der Waals surface area contributed by atoms with Crippen molar-refractivity contribution < 1.29 is 14.9 Å². The number of rotatable bonds is 1. The summed E-state index contributed by atoms with van der Waals surface area (Å²) in [7, 11) is 0. The van der Waals surface area contributed by atoms with Crippen molar-refractivity contribution in [2.24, 2.45) is 0 Å². The second-order valence-corrected chi connectivity index (χ2v) is 3.25. The highest BCUT2D eigenvalue weighted by molar-refractivity contribution is 5.44. The highest BCUT2D eigenvalue weighted by Gasteiger charge is 2.31. The van der Waals surface area contributed by atoms with Gasteiger partial charge in [-0.2, -0.15) is 0 Å². The SMILES string of the molecule is CC[C@@H]1c2cc(O)ccc2O[C@H]1O. The van der Waals surface area contributed by atoms with Gasteiger partial charge in [-0.25, -0.2) is 0 Å². The molecule has 70 valence electrons. The fourth-order valence-corrected chi connectivity index (χ4v) is 1.72. The first-order valence-corrected chi connectivity index (χ1v) is 4.40. The number of fused-ring (bicyclic) bond motifs is 1. The summed E-state index contributed by atoms with van der Waals surface area (Å²) in [6, 6.07) is 4.90. The van der Waals surface area contributed by atoms with Gasteiger partial charge in [-0.1, -0.05) is 6.92 Å². The third kappa shape index (κ3) is 1.25. The lowest BCUT2D eigenvalue weighted by Crippen LogP contribution is -2.16. The van der Waals surface area contributed by atoms with Crippen LogP contribution in [0.1, 0.15) is 24.8 Å². The number of benzene rings is 1. The molecule has 1 aromatic rings. The number of phenols is 1. The lowest BCUT2D eigenvalue weighted by Gasteiger charge is -2.09. The van der Waals surface area contributed by atoms with Crippen LogP contribution in [0.3, 0.4) is 0 Å². The van der Waals surface area contributed by atoms with Crippen molar-refractivity contribution in [3.05, 3.63) is 23.8 Å². The summed E-state index contributed by atoms with van der Waals surface area (Å²) < 4.78 is 5.21. The lowest BCUT2D eigenvalue weighted by molar-refractivity contribution is -0.0188. The van der Waals surface area contributed by atoms with Crippen LogP contribution in [0, 0.1) is 0 Å². The highest BCUT2D eigenvalue weighted by atomic mass is 16.6. The van der Waals surface area contributed by atoms with Gasteiger partial charge in [0, 0.05) is 11.5 Å². The molecule has 0 saturated heterocycles. The Morgan fingerprint density at radius 1 is 1.46 bits per heavy atom. The topological polar surface area (TPSA) is 49.7 Å². The minimum atomic E-state index is -0.762. The number of aliphatic hydroxyl groups excluding tert-OH is 1. The maximum Gasteiger partial charge on any atom is 0.204 e. The maximum absolute atomic E-state index is 9.50. The highest BCUT2D eigenvalue weighted by Crippen LogP contribution is 2.40. The van der Waals surface area contributed by atoms with E-state index in [4.69, 9.17) is 4.74 Å². The van der Waals surface area contributed by atoms with Crippen molar-refractivity contribution >= 4 is 0 Å². The molecule has 0 amide bonds. The first-order chi connectivity index (χ1) is 6.22. The zero-order valence-corrected chi connectivity index (χ0v) is 7.40. The summed E-state index contributed by atoms with van der Waals surface area (Å²) in [5, 5.41) is 18.8. The third-order valence-corrected chi connectivity index (χ3v) is 2.42. The van der Waals surface area contributed by atoms with Crippen molar-refractivity contribution in [3.8, 4) is 11.5 Å². The predicted molar refractivity (Wildman–Crippen MR) is 47.8 cm³/mol. The fourth-order valence-electron chi connectivity index (χ4n) is 1.72. The van der Waals surface area contributed by atoms with Crippen LogP contribution in [-0.2, 0) is 0 Å². The van der Waals surface area contributed by atoms with Crippen molar-refractivity contribution in [2.45, 2.75) is 25.6 Å². The van der Waals surface area contributed by atoms with Crippen molar-refractivity contribution in [2.75, 3.05) is 0 Å². The van der Waals surface area contributed by atoms with Crippen LogP contribution in [0.5, 0.6) is 11.5 Å². The van der Waals surface area contributed by atoms with Crippen molar-refractivity contribution in [3.63, 3.8) is 0 Å². The first kappa shape index (κ1) is 8.38. The number of phenolic OH excluding ortho intramolecular Hbond substituents is 1. The van der Waals surface area contributed by atoms with E-state index in [1.807, 2.05) is 6.92 Å².